The molecule has 0 aromatic rings. The first kappa shape index (κ1) is 9.37. The number of carbonyl (C=O) groups excluding carboxylic acids is 1. The predicted octanol–water partition coefficient (Wildman–Crippen LogP) is 1.58. The number of ketones is 1. The van der Waals surface area contributed by atoms with Gasteiger partial charge in [0, 0.05) is 23.8 Å². The molecule has 1 atom stereocenters. The standard InChI is InChI=1S/C6H12OS2/c1-2-5(7)3-6(9)4-8/h6,8-9H,2-4H2,1H3. The van der Waals surface area contributed by atoms with E-state index in [2.05, 4.69) is 25.3 Å². The van der Waals surface area contributed by atoms with E-state index in [4.69, 9.17) is 0 Å². The van der Waals surface area contributed by atoms with Gasteiger partial charge in [0.05, 0.1) is 0 Å². The predicted molar refractivity (Wildman–Crippen MR) is 46.5 cm³/mol. The molecule has 9 heavy (non-hydrogen) atoms. The lowest BCUT2D eigenvalue weighted by Crippen LogP contribution is -2.07. The van der Waals surface area contributed by atoms with Crippen LogP contribution in [0.4, 0.5) is 0 Å². The van der Waals surface area contributed by atoms with Gasteiger partial charge in [-0.1, -0.05) is 6.92 Å². The van der Waals surface area contributed by atoms with Crippen molar-refractivity contribution in [3.8, 4) is 0 Å². The normalized spacial score (nSPS) is 13.2. The Balaban J connectivity index is 3.34. The van der Waals surface area contributed by atoms with E-state index in [0.29, 0.717) is 18.6 Å². The monoisotopic (exact) mass is 164 g/mol. The minimum Gasteiger partial charge on any atom is -0.300 e. The van der Waals surface area contributed by atoms with E-state index in [9.17, 15) is 4.79 Å². The molecule has 0 aliphatic carbocycles. The molecule has 0 aliphatic rings. The van der Waals surface area contributed by atoms with Gasteiger partial charge in [-0.25, -0.2) is 0 Å². The van der Waals surface area contributed by atoms with Crippen molar-refractivity contribution < 1.29 is 4.79 Å². The van der Waals surface area contributed by atoms with Crippen molar-refractivity contribution in [2.75, 3.05) is 5.75 Å². The number of carbonyl (C=O) groups is 1. The molecule has 0 N–H and O–H groups in total. The van der Waals surface area contributed by atoms with Crippen LogP contribution in [0.1, 0.15) is 19.8 Å². The van der Waals surface area contributed by atoms with Crippen molar-refractivity contribution in [2.24, 2.45) is 0 Å². The van der Waals surface area contributed by atoms with Crippen LogP contribution >= 0.6 is 25.3 Å². The molecule has 1 nitrogen and oxygen atoms in total. The van der Waals surface area contributed by atoms with Gasteiger partial charge < -0.3 is 0 Å². The zero-order valence-electron chi connectivity index (χ0n) is 5.50. The molecule has 0 aromatic carbocycles. The summed E-state index contributed by atoms with van der Waals surface area (Å²) in [4.78, 5) is 10.7. The topological polar surface area (TPSA) is 17.1 Å². The Labute approximate surface area is 67.0 Å². The maximum atomic E-state index is 10.7. The first-order valence-electron chi connectivity index (χ1n) is 3.01. The molecular formula is C6H12OS2. The smallest absolute Gasteiger partial charge is 0.133 e. The Kier molecular flexibility index (Phi) is 5.39. The Bertz CT molecular complexity index is 93.1. The van der Waals surface area contributed by atoms with Crippen LogP contribution < -0.4 is 0 Å². The highest BCUT2D eigenvalue weighted by atomic mass is 32.1. The lowest BCUT2D eigenvalue weighted by atomic mass is 10.2. The maximum absolute atomic E-state index is 10.7. The van der Waals surface area contributed by atoms with Gasteiger partial charge in [-0.05, 0) is 0 Å². The Morgan fingerprint density at radius 2 is 2.22 bits per heavy atom. The molecule has 0 heterocycles. The second-order valence-electron chi connectivity index (χ2n) is 1.93. The van der Waals surface area contributed by atoms with Crippen LogP contribution in [0.5, 0.6) is 0 Å². The number of Topliss-reactive ketones (excluding diaryl/α,β-unsaturated/α-hetero) is 1. The van der Waals surface area contributed by atoms with Crippen molar-refractivity contribution in [1.29, 1.82) is 0 Å². The summed E-state index contributed by atoms with van der Waals surface area (Å²) in [6.07, 6.45) is 1.17. The van der Waals surface area contributed by atoms with Gasteiger partial charge in [0.25, 0.3) is 0 Å². The molecule has 0 aliphatic heterocycles. The van der Waals surface area contributed by atoms with Crippen molar-refractivity contribution in [2.45, 2.75) is 25.0 Å². The SMILES string of the molecule is CCC(=O)CC(S)CS. The van der Waals surface area contributed by atoms with E-state index >= 15 is 0 Å². The molecule has 0 saturated carbocycles. The molecule has 0 fully saturated rings. The van der Waals surface area contributed by atoms with E-state index < -0.39 is 0 Å². The average molecular weight is 164 g/mol. The third-order valence-electron chi connectivity index (χ3n) is 1.07. The van der Waals surface area contributed by atoms with Crippen LogP contribution in [0.3, 0.4) is 0 Å². The van der Waals surface area contributed by atoms with Crippen molar-refractivity contribution >= 4 is 31.0 Å². The summed E-state index contributed by atoms with van der Waals surface area (Å²) in [7, 11) is 0. The molecule has 1 unspecified atom stereocenters. The lowest BCUT2D eigenvalue weighted by Gasteiger charge is -2.02. The number of rotatable bonds is 4. The molecule has 0 aromatic heterocycles. The van der Waals surface area contributed by atoms with Crippen molar-refractivity contribution in [1.82, 2.24) is 0 Å². The molecule has 0 spiro atoms. The fourth-order valence-corrected chi connectivity index (χ4v) is 0.804. The first-order chi connectivity index (χ1) is 4.20. The molecule has 54 valence electrons. The van der Waals surface area contributed by atoms with E-state index in [1.165, 1.54) is 0 Å². The van der Waals surface area contributed by atoms with Gasteiger partial charge in [-0.15, -0.1) is 0 Å². The van der Waals surface area contributed by atoms with Crippen LogP contribution in [0.15, 0.2) is 0 Å². The second kappa shape index (κ2) is 5.18. The third-order valence-corrected chi connectivity index (χ3v) is 2.16. The van der Waals surface area contributed by atoms with Crippen molar-refractivity contribution in [3.05, 3.63) is 0 Å². The zero-order valence-corrected chi connectivity index (χ0v) is 7.29. The first-order valence-corrected chi connectivity index (χ1v) is 4.16. The van der Waals surface area contributed by atoms with E-state index in [1.54, 1.807) is 0 Å². The van der Waals surface area contributed by atoms with Crippen LogP contribution in [0, 0.1) is 0 Å². The fraction of sp³-hybridized carbons (Fsp3) is 0.833. The van der Waals surface area contributed by atoms with Gasteiger partial charge in [-0.3, -0.25) is 4.79 Å². The van der Waals surface area contributed by atoms with Crippen LogP contribution in [0.2, 0.25) is 0 Å². The molecule has 0 amide bonds. The quantitative estimate of drug-likeness (QED) is 0.603. The fourth-order valence-electron chi connectivity index (χ4n) is 0.472. The third kappa shape index (κ3) is 4.85. The highest BCUT2D eigenvalue weighted by molar-refractivity contribution is 7.84. The molecule has 0 rings (SSSR count). The van der Waals surface area contributed by atoms with Crippen LogP contribution in [-0.4, -0.2) is 16.8 Å². The van der Waals surface area contributed by atoms with Gasteiger partial charge >= 0.3 is 0 Å². The summed E-state index contributed by atoms with van der Waals surface area (Å²) in [5, 5.41) is 0.140. The Hall–Kier alpha value is 0.370. The number of hydrogen-bond donors (Lipinski definition) is 2. The summed E-state index contributed by atoms with van der Waals surface area (Å²) >= 11 is 8.13. The van der Waals surface area contributed by atoms with Crippen LogP contribution in [0.25, 0.3) is 0 Å². The van der Waals surface area contributed by atoms with E-state index in [1.807, 2.05) is 6.92 Å². The van der Waals surface area contributed by atoms with E-state index in [0.717, 1.165) is 0 Å². The molecular weight excluding hydrogens is 152 g/mol. The Morgan fingerprint density at radius 3 is 2.56 bits per heavy atom. The highest BCUT2D eigenvalue weighted by Gasteiger charge is 2.04. The summed E-state index contributed by atoms with van der Waals surface area (Å²) in [5.41, 5.74) is 0. The molecule has 0 saturated heterocycles. The number of hydrogen-bond acceptors (Lipinski definition) is 3. The zero-order chi connectivity index (χ0) is 7.28. The average Bonchev–Trinajstić information content (AvgIpc) is 1.87. The molecule has 0 radical (unpaired) electrons. The van der Waals surface area contributed by atoms with Crippen molar-refractivity contribution in [3.63, 3.8) is 0 Å². The minimum atomic E-state index is 0.140. The highest BCUT2D eigenvalue weighted by Crippen LogP contribution is 2.04. The van der Waals surface area contributed by atoms with Gasteiger partial charge in [0.15, 0.2) is 0 Å². The summed E-state index contributed by atoms with van der Waals surface area (Å²) in [6, 6.07) is 0. The van der Waals surface area contributed by atoms with E-state index in [-0.39, 0.29) is 11.0 Å². The van der Waals surface area contributed by atoms with Gasteiger partial charge in [0.2, 0.25) is 0 Å². The lowest BCUT2D eigenvalue weighted by molar-refractivity contribution is -0.118. The molecule has 0 bridgehead atoms. The Morgan fingerprint density at radius 1 is 1.67 bits per heavy atom. The number of thiol groups is 2. The maximum Gasteiger partial charge on any atom is 0.133 e. The summed E-state index contributed by atoms with van der Waals surface area (Å²) in [5.74, 6) is 0.943. The van der Waals surface area contributed by atoms with Gasteiger partial charge in [0.1, 0.15) is 5.78 Å². The van der Waals surface area contributed by atoms with Crippen LogP contribution in [-0.2, 0) is 4.79 Å². The molecule has 3 heteroatoms. The summed E-state index contributed by atoms with van der Waals surface area (Å²) in [6.45, 7) is 1.86. The summed E-state index contributed by atoms with van der Waals surface area (Å²) < 4.78 is 0. The largest absolute Gasteiger partial charge is 0.300 e. The minimum absolute atomic E-state index is 0.140. The van der Waals surface area contributed by atoms with Gasteiger partial charge in [-0.2, -0.15) is 25.3 Å². The second-order valence-corrected chi connectivity index (χ2v) is 3.03.